The van der Waals surface area contributed by atoms with Gasteiger partial charge in [0.25, 0.3) is 0 Å². The van der Waals surface area contributed by atoms with Crippen LogP contribution in [0.4, 0.5) is 5.69 Å². The van der Waals surface area contributed by atoms with Gasteiger partial charge >= 0.3 is 11.9 Å². The topological polar surface area (TPSA) is 73.9 Å². The van der Waals surface area contributed by atoms with E-state index < -0.39 is 11.9 Å². The van der Waals surface area contributed by atoms with Gasteiger partial charge in [0.05, 0.1) is 19.4 Å². The number of para-hydroxylation sites is 1. The maximum atomic E-state index is 11.4. The first-order valence-corrected chi connectivity index (χ1v) is 6.81. The van der Waals surface area contributed by atoms with Crippen molar-refractivity contribution in [3.63, 3.8) is 0 Å². The molecule has 0 heterocycles. The largest absolute Gasteiger partial charge is 0.464 e. The van der Waals surface area contributed by atoms with Crippen LogP contribution < -0.4 is 5.32 Å². The highest BCUT2D eigenvalue weighted by Gasteiger charge is 2.08. The molecule has 1 aromatic carbocycles. The van der Waals surface area contributed by atoms with Gasteiger partial charge in [0.1, 0.15) is 13.2 Å². The third-order valence-corrected chi connectivity index (χ3v) is 2.55. The lowest BCUT2D eigenvalue weighted by Crippen LogP contribution is -2.16. The summed E-state index contributed by atoms with van der Waals surface area (Å²) in [5.74, 6) is -0.833. The molecule has 1 rings (SSSR count). The molecule has 0 aliphatic heterocycles. The van der Waals surface area contributed by atoms with Crippen molar-refractivity contribution >= 4 is 17.6 Å². The molecule has 116 valence electrons. The molecule has 0 aromatic heterocycles. The maximum absolute atomic E-state index is 11.4. The second-order valence-electron chi connectivity index (χ2n) is 4.23. The SMILES string of the molecule is COCCOC(=O)CCC(=O)OCCNc1ccccc1. The number of methoxy groups -OCH3 is 1. The van der Waals surface area contributed by atoms with Crippen LogP contribution >= 0.6 is 0 Å². The summed E-state index contributed by atoms with van der Waals surface area (Å²) in [5.41, 5.74) is 0.968. The molecule has 0 saturated heterocycles. The second-order valence-corrected chi connectivity index (χ2v) is 4.23. The van der Waals surface area contributed by atoms with Crippen LogP contribution in [0.3, 0.4) is 0 Å². The van der Waals surface area contributed by atoms with E-state index in [2.05, 4.69) is 5.32 Å². The van der Waals surface area contributed by atoms with Gasteiger partial charge in [-0.05, 0) is 12.1 Å². The van der Waals surface area contributed by atoms with E-state index in [4.69, 9.17) is 14.2 Å². The van der Waals surface area contributed by atoms with Crippen LogP contribution in [0.5, 0.6) is 0 Å². The lowest BCUT2D eigenvalue weighted by Gasteiger charge is -2.07. The molecule has 0 spiro atoms. The lowest BCUT2D eigenvalue weighted by atomic mass is 10.3. The number of ether oxygens (including phenoxy) is 3. The van der Waals surface area contributed by atoms with E-state index in [-0.39, 0.29) is 26.1 Å². The Hall–Kier alpha value is -2.08. The number of esters is 2. The fourth-order valence-electron chi connectivity index (χ4n) is 1.50. The average molecular weight is 295 g/mol. The molecule has 0 radical (unpaired) electrons. The molecule has 0 atom stereocenters. The minimum absolute atomic E-state index is 0.0225. The number of rotatable bonds is 10. The fourth-order valence-corrected chi connectivity index (χ4v) is 1.50. The molecule has 1 aromatic rings. The van der Waals surface area contributed by atoms with Crippen LogP contribution in [-0.4, -0.2) is 45.4 Å². The standard InChI is InChI=1S/C15H21NO5/c1-19-11-12-21-15(18)8-7-14(17)20-10-9-16-13-5-3-2-4-6-13/h2-6,16H,7-12H2,1H3. The molecule has 1 N–H and O–H groups in total. The first-order chi connectivity index (χ1) is 10.2. The molecule has 0 amide bonds. The minimum Gasteiger partial charge on any atom is -0.464 e. The van der Waals surface area contributed by atoms with Crippen LogP contribution in [0.1, 0.15) is 12.8 Å². The minimum atomic E-state index is -0.425. The Bertz CT molecular complexity index is 421. The van der Waals surface area contributed by atoms with Crippen LogP contribution in [-0.2, 0) is 23.8 Å². The lowest BCUT2D eigenvalue weighted by molar-refractivity contribution is -0.150. The number of hydrogen-bond acceptors (Lipinski definition) is 6. The Morgan fingerprint density at radius 2 is 1.57 bits per heavy atom. The van der Waals surface area contributed by atoms with Crippen molar-refractivity contribution in [2.75, 3.05) is 38.8 Å². The van der Waals surface area contributed by atoms with Crippen molar-refractivity contribution in [3.05, 3.63) is 30.3 Å². The molecule has 0 unspecified atom stereocenters. The highest BCUT2D eigenvalue weighted by molar-refractivity contribution is 5.77. The predicted octanol–water partition coefficient (Wildman–Crippen LogP) is 1.61. The van der Waals surface area contributed by atoms with E-state index in [1.54, 1.807) is 0 Å². The quantitative estimate of drug-likeness (QED) is 0.522. The highest BCUT2D eigenvalue weighted by Crippen LogP contribution is 2.04. The number of anilines is 1. The van der Waals surface area contributed by atoms with Gasteiger partial charge in [-0.1, -0.05) is 18.2 Å². The summed E-state index contributed by atoms with van der Waals surface area (Å²) in [5, 5.41) is 3.12. The Morgan fingerprint density at radius 1 is 0.952 bits per heavy atom. The molecular formula is C15H21NO5. The third-order valence-electron chi connectivity index (χ3n) is 2.55. The second kappa shape index (κ2) is 10.7. The van der Waals surface area contributed by atoms with Crippen molar-refractivity contribution in [3.8, 4) is 0 Å². The van der Waals surface area contributed by atoms with Crippen molar-refractivity contribution in [2.24, 2.45) is 0 Å². The zero-order valence-electron chi connectivity index (χ0n) is 12.2. The summed E-state index contributed by atoms with van der Waals surface area (Å²) < 4.78 is 14.6. The molecule has 21 heavy (non-hydrogen) atoms. The summed E-state index contributed by atoms with van der Waals surface area (Å²) >= 11 is 0. The number of carbonyl (C=O) groups is 2. The smallest absolute Gasteiger partial charge is 0.306 e. The number of benzene rings is 1. The van der Waals surface area contributed by atoms with Gasteiger partial charge in [0, 0.05) is 19.3 Å². The Kier molecular flexibility index (Phi) is 8.63. The highest BCUT2D eigenvalue weighted by atomic mass is 16.6. The van der Waals surface area contributed by atoms with Gasteiger partial charge in [0.2, 0.25) is 0 Å². The number of nitrogens with one attached hydrogen (secondary N) is 1. The van der Waals surface area contributed by atoms with E-state index >= 15 is 0 Å². The molecule has 0 bridgehead atoms. The normalized spacial score (nSPS) is 9.95. The van der Waals surface area contributed by atoms with Crippen molar-refractivity contribution in [2.45, 2.75) is 12.8 Å². The Balaban J connectivity index is 2.02. The van der Waals surface area contributed by atoms with Gasteiger partial charge < -0.3 is 19.5 Å². The summed E-state index contributed by atoms with van der Waals surface area (Å²) in [6, 6.07) is 9.62. The first-order valence-electron chi connectivity index (χ1n) is 6.81. The molecular weight excluding hydrogens is 274 g/mol. The summed E-state index contributed by atoms with van der Waals surface area (Å²) in [4.78, 5) is 22.6. The first kappa shape index (κ1) is 17.0. The molecule has 0 fully saturated rings. The van der Waals surface area contributed by atoms with E-state index in [1.165, 1.54) is 7.11 Å². The van der Waals surface area contributed by atoms with Crippen LogP contribution in [0, 0.1) is 0 Å². The zero-order valence-corrected chi connectivity index (χ0v) is 12.2. The Labute approximate surface area is 124 Å². The van der Waals surface area contributed by atoms with Gasteiger partial charge in [-0.15, -0.1) is 0 Å². The maximum Gasteiger partial charge on any atom is 0.306 e. The van der Waals surface area contributed by atoms with E-state index in [1.807, 2.05) is 30.3 Å². The molecule has 0 aliphatic carbocycles. The molecule has 6 nitrogen and oxygen atoms in total. The van der Waals surface area contributed by atoms with Gasteiger partial charge in [-0.3, -0.25) is 9.59 Å². The van der Waals surface area contributed by atoms with Crippen LogP contribution in [0.25, 0.3) is 0 Å². The van der Waals surface area contributed by atoms with E-state index in [0.717, 1.165) is 5.69 Å². The number of carbonyl (C=O) groups excluding carboxylic acids is 2. The fraction of sp³-hybridized carbons (Fsp3) is 0.467. The average Bonchev–Trinajstić information content (AvgIpc) is 2.51. The number of hydrogen-bond donors (Lipinski definition) is 1. The zero-order chi connectivity index (χ0) is 15.3. The van der Waals surface area contributed by atoms with Gasteiger partial charge in [0.15, 0.2) is 0 Å². The summed E-state index contributed by atoms with van der Waals surface area (Å²) in [7, 11) is 1.52. The summed E-state index contributed by atoms with van der Waals surface area (Å²) in [6.45, 7) is 1.33. The van der Waals surface area contributed by atoms with Crippen molar-refractivity contribution in [1.29, 1.82) is 0 Å². The van der Waals surface area contributed by atoms with Crippen molar-refractivity contribution in [1.82, 2.24) is 0 Å². The predicted molar refractivity (Wildman–Crippen MR) is 78.0 cm³/mol. The van der Waals surface area contributed by atoms with Crippen molar-refractivity contribution < 1.29 is 23.8 Å². The molecule has 0 saturated carbocycles. The van der Waals surface area contributed by atoms with E-state index in [9.17, 15) is 9.59 Å². The molecule has 0 aliphatic rings. The van der Waals surface area contributed by atoms with Crippen LogP contribution in [0.15, 0.2) is 30.3 Å². The Morgan fingerprint density at radius 3 is 2.19 bits per heavy atom. The van der Waals surface area contributed by atoms with Crippen LogP contribution in [0.2, 0.25) is 0 Å². The monoisotopic (exact) mass is 295 g/mol. The van der Waals surface area contributed by atoms with Gasteiger partial charge in [-0.2, -0.15) is 0 Å². The summed E-state index contributed by atoms with van der Waals surface area (Å²) in [6.07, 6.45) is 0.0474. The van der Waals surface area contributed by atoms with Gasteiger partial charge in [-0.25, -0.2) is 0 Å². The van der Waals surface area contributed by atoms with E-state index in [0.29, 0.717) is 13.2 Å². The molecule has 6 heteroatoms. The third kappa shape index (κ3) is 8.65.